The fourth-order valence-corrected chi connectivity index (χ4v) is 3.14. The molecule has 2 aliphatic heterocycles. The first-order chi connectivity index (χ1) is 9.81. The molecule has 20 heavy (non-hydrogen) atoms. The van der Waals surface area contributed by atoms with Crippen LogP contribution in [0.2, 0.25) is 0 Å². The van der Waals surface area contributed by atoms with E-state index in [2.05, 4.69) is 0 Å². The molecule has 4 nitrogen and oxygen atoms in total. The second kappa shape index (κ2) is 6.12. The average Bonchev–Trinajstić information content (AvgIpc) is 2.49. The van der Waals surface area contributed by atoms with Crippen molar-refractivity contribution in [1.82, 2.24) is 0 Å². The molecule has 1 spiro atoms. The van der Waals surface area contributed by atoms with Crippen LogP contribution in [0.3, 0.4) is 0 Å². The Hall–Kier alpha value is -1.10. The molecule has 2 aliphatic rings. The van der Waals surface area contributed by atoms with Crippen LogP contribution < -0.4 is 10.5 Å². The van der Waals surface area contributed by atoms with E-state index in [0.29, 0.717) is 6.54 Å². The maximum Gasteiger partial charge on any atom is 0.124 e. The largest absolute Gasteiger partial charge is 0.490 e. The lowest BCUT2D eigenvalue weighted by atomic mass is 9.85. The Balaban J connectivity index is 1.68. The summed E-state index contributed by atoms with van der Waals surface area (Å²) < 4.78 is 17.7. The van der Waals surface area contributed by atoms with Crippen LogP contribution in [-0.2, 0) is 16.0 Å². The Bertz CT molecular complexity index is 438. The van der Waals surface area contributed by atoms with E-state index in [9.17, 15) is 0 Å². The minimum absolute atomic E-state index is 0.0289. The maximum atomic E-state index is 6.20. The Morgan fingerprint density at radius 2 is 2.00 bits per heavy atom. The van der Waals surface area contributed by atoms with E-state index in [4.69, 9.17) is 19.9 Å². The van der Waals surface area contributed by atoms with E-state index >= 15 is 0 Å². The van der Waals surface area contributed by atoms with Crippen molar-refractivity contribution in [2.75, 3.05) is 19.8 Å². The number of ether oxygens (including phenoxy) is 3. The molecule has 2 heterocycles. The first kappa shape index (κ1) is 13.9. The summed E-state index contributed by atoms with van der Waals surface area (Å²) in [5, 5.41) is 0. The highest BCUT2D eigenvalue weighted by Crippen LogP contribution is 2.36. The van der Waals surface area contributed by atoms with Gasteiger partial charge in [0.05, 0.1) is 12.2 Å². The first-order valence-electron chi connectivity index (χ1n) is 7.48. The minimum atomic E-state index is -0.0289. The third kappa shape index (κ3) is 2.97. The van der Waals surface area contributed by atoms with Gasteiger partial charge in [-0.1, -0.05) is 18.2 Å². The lowest BCUT2D eigenvalue weighted by Crippen LogP contribution is -2.47. The van der Waals surface area contributed by atoms with Gasteiger partial charge < -0.3 is 19.9 Å². The predicted octanol–water partition coefficient (Wildman–Crippen LogP) is 2.25. The topological polar surface area (TPSA) is 53.7 Å². The third-order valence-corrected chi connectivity index (χ3v) is 4.34. The molecule has 0 radical (unpaired) electrons. The number of hydrogen-bond acceptors (Lipinski definition) is 4. The Kier molecular flexibility index (Phi) is 4.24. The van der Waals surface area contributed by atoms with Crippen LogP contribution in [0, 0.1) is 0 Å². The molecule has 0 saturated carbocycles. The summed E-state index contributed by atoms with van der Waals surface area (Å²) in [6, 6.07) is 8.03. The highest BCUT2D eigenvalue weighted by atomic mass is 16.5. The SMILES string of the molecule is NCc1ccccc1OC1CCOC2(CCOCC2)C1. The highest BCUT2D eigenvalue weighted by Gasteiger charge is 2.39. The molecule has 2 N–H and O–H groups in total. The van der Waals surface area contributed by atoms with Gasteiger partial charge in [0.25, 0.3) is 0 Å². The van der Waals surface area contributed by atoms with Crippen molar-refractivity contribution in [1.29, 1.82) is 0 Å². The molecule has 3 rings (SSSR count). The molecule has 4 heteroatoms. The zero-order valence-corrected chi connectivity index (χ0v) is 11.8. The fourth-order valence-electron chi connectivity index (χ4n) is 3.14. The Morgan fingerprint density at radius 1 is 1.20 bits per heavy atom. The number of benzene rings is 1. The number of hydrogen-bond donors (Lipinski definition) is 1. The summed E-state index contributed by atoms with van der Waals surface area (Å²) in [5.74, 6) is 0.920. The van der Waals surface area contributed by atoms with E-state index < -0.39 is 0 Å². The molecule has 1 aromatic rings. The normalized spacial score (nSPS) is 25.6. The van der Waals surface area contributed by atoms with Gasteiger partial charge in [-0.3, -0.25) is 0 Å². The monoisotopic (exact) mass is 277 g/mol. The van der Waals surface area contributed by atoms with E-state index in [1.54, 1.807) is 0 Å². The van der Waals surface area contributed by atoms with Gasteiger partial charge in [-0.05, 0) is 18.9 Å². The molecule has 110 valence electrons. The first-order valence-corrected chi connectivity index (χ1v) is 7.48. The molecular weight excluding hydrogens is 254 g/mol. The lowest BCUT2D eigenvalue weighted by molar-refractivity contribution is -0.155. The summed E-state index contributed by atoms with van der Waals surface area (Å²) in [5.41, 5.74) is 6.81. The van der Waals surface area contributed by atoms with Crippen molar-refractivity contribution in [3.05, 3.63) is 29.8 Å². The zero-order chi connectivity index (χ0) is 13.8. The van der Waals surface area contributed by atoms with Gasteiger partial charge >= 0.3 is 0 Å². The van der Waals surface area contributed by atoms with E-state index in [-0.39, 0.29) is 11.7 Å². The summed E-state index contributed by atoms with van der Waals surface area (Å²) in [6.45, 7) is 2.88. The predicted molar refractivity (Wildman–Crippen MR) is 76.7 cm³/mol. The smallest absolute Gasteiger partial charge is 0.124 e. The molecule has 2 fully saturated rings. The van der Waals surface area contributed by atoms with Crippen LogP contribution in [0.5, 0.6) is 5.75 Å². The van der Waals surface area contributed by atoms with Crippen LogP contribution in [0.15, 0.2) is 24.3 Å². The highest BCUT2D eigenvalue weighted by molar-refractivity contribution is 5.33. The molecule has 2 saturated heterocycles. The second-order valence-corrected chi connectivity index (χ2v) is 5.69. The van der Waals surface area contributed by atoms with Crippen molar-refractivity contribution in [3.8, 4) is 5.75 Å². The van der Waals surface area contributed by atoms with Crippen LogP contribution in [0.4, 0.5) is 0 Å². The van der Waals surface area contributed by atoms with Crippen molar-refractivity contribution < 1.29 is 14.2 Å². The van der Waals surface area contributed by atoms with E-state index in [0.717, 1.165) is 56.8 Å². The molecule has 1 atom stereocenters. The summed E-state index contributed by atoms with van der Waals surface area (Å²) in [7, 11) is 0. The quantitative estimate of drug-likeness (QED) is 0.920. The Labute approximate surface area is 120 Å². The van der Waals surface area contributed by atoms with Crippen molar-refractivity contribution in [2.24, 2.45) is 5.73 Å². The van der Waals surface area contributed by atoms with Gasteiger partial charge in [0.1, 0.15) is 11.9 Å². The number of nitrogens with two attached hydrogens (primary N) is 1. The number of para-hydroxylation sites is 1. The lowest BCUT2D eigenvalue weighted by Gasteiger charge is -2.43. The van der Waals surface area contributed by atoms with Gasteiger partial charge in [-0.2, -0.15) is 0 Å². The van der Waals surface area contributed by atoms with Crippen LogP contribution in [0.1, 0.15) is 31.2 Å². The Morgan fingerprint density at radius 3 is 2.80 bits per heavy atom. The van der Waals surface area contributed by atoms with Gasteiger partial charge in [0.2, 0.25) is 0 Å². The second-order valence-electron chi connectivity index (χ2n) is 5.69. The molecular formula is C16H23NO3. The zero-order valence-electron chi connectivity index (χ0n) is 11.8. The van der Waals surface area contributed by atoms with Gasteiger partial charge in [-0.15, -0.1) is 0 Å². The molecule has 0 aromatic heterocycles. The third-order valence-electron chi connectivity index (χ3n) is 4.34. The van der Waals surface area contributed by atoms with Gasteiger partial charge in [-0.25, -0.2) is 0 Å². The minimum Gasteiger partial charge on any atom is -0.490 e. The maximum absolute atomic E-state index is 6.20. The molecule has 1 aromatic carbocycles. The summed E-state index contributed by atoms with van der Waals surface area (Å²) >= 11 is 0. The summed E-state index contributed by atoms with van der Waals surface area (Å²) in [4.78, 5) is 0. The van der Waals surface area contributed by atoms with E-state index in [1.807, 2.05) is 24.3 Å². The molecule has 0 amide bonds. The number of rotatable bonds is 3. The van der Waals surface area contributed by atoms with Crippen LogP contribution >= 0.6 is 0 Å². The van der Waals surface area contributed by atoms with Crippen molar-refractivity contribution >= 4 is 0 Å². The fraction of sp³-hybridized carbons (Fsp3) is 0.625. The standard InChI is InChI=1S/C16H23NO3/c17-12-13-3-1-2-4-15(13)20-14-5-8-19-16(11-14)6-9-18-10-7-16/h1-4,14H,5-12,17H2. The van der Waals surface area contributed by atoms with Crippen molar-refractivity contribution in [2.45, 2.75) is 43.9 Å². The van der Waals surface area contributed by atoms with Gasteiger partial charge in [0.15, 0.2) is 0 Å². The summed E-state index contributed by atoms with van der Waals surface area (Å²) in [6.07, 6.45) is 4.07. The van der Waals surface area contributed by atoms with Crippen LogP contribution in [-0.4, -0.2) is 31.5 Å². The molecule has 0 aliphatic carbocycles. The van der Waals surface area contributed by atoms with Gasteiger partial charge in [0, 0.05) is 38.2 Å². The van der Waals surface area contributed by atoms with Crippen molar-refractivity contribution in [3.63, 3.8) is 0 Å². The molecule has 0 bridgehead atoms. The molecule has 1 unspecified atom stereocenters. The van der Waals surface area contributed by atoms with E-state index in [1.165, 1.54) is 0 Å². The average molecular weight is 277 g/mol. The van der Waals surface area contributed by atoms with Crippen LogP contribution in [0.25, 0.3) is 0 Å².